The number of nitrogens with zero attached hydrogens (tertiary/aromatic N) is 1. The number of nitriles is 1. The summed E-state index contributed by atoms with van der Waals surface area (Å²) in [4.78, 5) is 21.6. The molecule has 0 aliphatic heterocycles. The van der Waals surface area contributed by atoms with Gasteiger partial charge in [-0.05, 0) is 46.3 Å². The van der Waals surface area contributed by atoms with Gasteiger partial charge in [-0.2, -0.15) is 5.26 Å². The molecule has 0 saturated heterocycles. The molecule has 5 heteroatoms. The van der Waals surface area contributed by atoms with Crippen LogP contribution in [0.2, 0.25) is 0 Å². The fraction of sp³-hybridized carbons (Fsp3) is 0. The molecule has 0 saturated carbocycles. The van der Waals surface area contributed by atoms with Crippen molar-refractivity contribution in [3.63, 3.8) is 0 Å². The van der Waals surface area contributed by atoms with Gasteiger partial charge in [-0.25, -0.2) is 0 Å². The zero-order valence-corrected chi connectivity index (χ0v) is 9.67. The minimum atomic E-state index is -0.694. The van der Waals surface area contributed by atoms with Crippen LogP contribution in [0.15, 0.2) is 12.1 Å². The second-order valence-electron chi connectivity index (χ2n) is 2.43. The van der Waals surface area contributed by atoms with Gasteiger partial charge in [-0.3, -0.25) is 9.59 Å². The molecule has 0 atom stereocenters. The van der Waals surface area contributed by atoms with Crippen LogP contribution in [0.4, 0.5) is 0 Å². The van der Waals surface area contributed by atoms with E-state index < -0.39 is 5.24 Å². The van der Waals surface area contributed by atoms with Gasteiger partial charge in [0.2, 0.25) is 0 Å². The van der Waals surface area contributed by atoms with Gasteiger partial charge < -0.3 is 0 Å². The summed E-state index contributed by atoms with van der Waals surface area (Å²) >= 11 is 7.16. The maximum atomic E-state index is 11.0. The Labute approximate surface area is 98.8 Å². The van der Waals surface area contributed by atoms with Crippen molar-refractivity contribution in [2.45, 2.75) is 0 Å². The standard InChI is InChI=1S/C9H3ClINO2/c10-9(14)8-6(4-13)1-5(3-12)2-7(8)11/h1-2,4H. The maximum absolute atomic E-state index is 11.0. The van der Waals surface area contributed by atoms with E-state index in [9.17, 15) is 9.59 Å². The number of benzene rings is 1. The van der Waals surface area contributed by atoms with E-state index in [1.165, 1.54) is 12.1 Å². The van der Waals surface area contributed by atoms with Crippen molar-refractivity contribution in [2.75, 3.05) is 0 Å². The topological polar surface area (TPSA) is 57.9 Å². The molecule has 0 radical (unpaired) electrons. The largest absolute Gasteiger partial charge is 0.298 e. The summed E-state index contributed by atoms with van der Waals surface area (Å²) in [7, 11) is 0. The van der Waals surface area contributed by atoms with Gasteiger partial charge in [0.05, 0.1) is 17.2 Å². The van der Waals surface area contributed by atoms with E-state index in [4.69, 9.17) is 16.9 Å². The molecular formula is C9H3ClINO2. The lowest BCUT2D eigenvalue weighted by atomic mass is 10.1. The Morgan fingerprint density at radius 2 is 2.21 bits per heavy atom. The second-order valence-corrected chi connectivity index (χ2v) is 3.93. The molecule has 70 valence electrons. The lowest BCUT2D eigenvalue weighted by molar-refractivity contribution is 0.106. The predicted octanol–water partition coefficient (Wildman–Crippen LogP) is 2.35. The molecule has 0 bridgehead atoms. The Bertz CT molecular complexity index is 451. The third-order valence-corrected chi connectivity index (χ3v) is 2.61. The Balaban J connectivity index is 3.52. The van der Waals surface area contributed by atoms with Crippen molar-refractivity contribution >= 4 is 45.7 Å². The van der Waals surface area contributed by atoms with Gasteiger partial charge in [-0.15, -0.1) is 0 Å². The Kier molecular flexibility index (Phi) is 3.61. The van der Waals surface area contributed by atoms with Crippen LogP contribution in [0.5, 0.6) is 0 Å². The number of hydrogen-bond acceptors (Lipinski definition) is 3. The lowest BCUT2D eigenvalue weighted by Gasteiger charge is -2.02. The second kappa shape index (κ2) is 4.53. The van der Waals surface area contributed by atoms with Gasteiger partial charge in [0.25, 0.3) is 5.24 Å². The highest BCUT2D eigenvalue weighted by Gasteiger charge is 2.14. The number of rotatable bonds is 2. The molecule has 0 fully saturated rings. The Morgan fingerprint density at radius 3 is 2.64 bits per heavy atom. The number of carbonyl (C=O) groups is 2. The highest BCUT2D eigenvalue weighted by atomic mass is 127. The van der Waals surface area contributed by atoms with Crippen LogP contribution in [0.3, 0.4) is 0 Å². The number of hydrogen-bond donors (Lipinski definition) is 0. The van der Waals surface area contributed by atoms with E-state index in [0.717, 1.165) is 0 Å². The normalized spacial score (nSPS) is 9.21. The number of aldehydes is 1. The summed E-state index contributed by atoms with van der Waals surface area (Å²) in [6, 6.07) is 4.73. The van der Waals surface area contributed by atoms with E-state index in [1.54, 1.807) is 0 Å². The van der Waals surface area contributed by atoms with Crippen LogP contribution in [-0.2, 0) is 0 Å². The van der Waals surface area contributed by atoms with Crippen molar-refractivity contribution in [3.8, 4) is 6.07 Å². The van der Waals surface area contributed by atoms with Crippen LogP contribution in [-0.4, -0.2) is 11.5 Å². The number of halogens is 2. The average Bonchev–Trinajstić information content (AvgIpc) is 2.15. The van der Waals surface area contributed by atoms with E-state index in [0.29, 0.717) is 15.4 Å². The van der Waals surface area contributed by atoms with E-state index in [1.807, 2.05) is 28.7 Å². The summed E-state index contributed by atoms with van der Waals surface area (Å²) < 4.78 is 0.503. The van der Waals surface area contributed by atoms with Gasteiger partial charge in [0.1, 0.15) is 0 Å². The SMILES string of the molecule is N#Cc1cc(I)c(C(=O)Cl)c(C=O)c1. The summed E-state index contributed by atoms with van der Waals surface area (Å²) in [5.74, 6) is 0. The zero-order valence-electron chi connectivity index (χ0n) is 6.75. The van der Waals surface area contributed by atoms with Crippen LogP contribution < -0.4 is 0 Å². The number of carbonyl (C=O) groups excluding carboxylic acids is 2. The van der Waals surface area contributed by atoms with Gasteiger partial charge in [-0.1, -0.05) is 0 Å². The van der Waals surface area contributed by atoms with Crippen LogP contribution in [0.25, 0.3) is 0 Å². The molecule has 0 N–H and O–H groups in total. The smallest absolute Gasteiger partial charge is 0.254 e. The molecule has 14 heavy (non-hydrogen) atoms. The highest BCUT2D eigenvalue weighted by Crippen LogP contribution is 2.20. The quantitative estimate of drug-likeness (QED) is 0.478. The van der Waals surface area contributed by atoms with E-state index in [-0.39, 0.29) is 11.1 Å². The monoisotopic (exact) mass is 319 g/mol. The molecule has 0 aromatic heterocycles. The molecular weight excluding hydrogens is 316 g/mol. The van der Waals surface area contributed by atoms with Gasteiger partial charge in [0.15, 0.2) is 6.29 Å². The minimum absolute atomic E-state index is 0.147. The van der Waals surface area contributed by atoms with Crippen LogP contribution in [0.1, 0.15) is 26.3 Å². The molecule has 0 amide bonds. The highest BCUT2D eigenvalue weighted by molar-refractivity contribution is 14.1. The maximum Gasteiger partial charge on any atom is 0.254 e. The molecule has 1 aromatic carbocycles. The minimum Gasteiger partial charge on any atom is -0.298 e. The third-order valence-electron chi connectivity index (χ3n) is 1.57. The molecule has 0 aliphatic carbocycles. The fourth-order valence-corrected chi connectivity index (χ4v) is 2.25. The summed E-state index contributed by atoms with van der Waals surface area (Å²) in [5.41, 5.74) is 0.632. The Morgan fingerprint density at radius 1 is 1.57 bits per heavy atom. The third kappa shape index (κ3) is 2.11. The van der Waals surface area contributed by atoms with Crippen molar-refractivity contribution in [1.29, 1.82) is 5.26 Å². The van der Waals surface area contributed by atoms with Crippen molar-refractivity contribution < 1.29 is 9.59 Å². The molecule has 0 heterocycles. The first-order valence-corrected chi connectivity index (χ1v) is 4.94. The summed E-state index contributed by atoms with van der Waals surface area (Å²) in [6.07, 6.45) is 0.513. The molecule has 0 aliphatic rings. The molecule has 0 spiro atoms. The van der Waals surface area contributed by atoms with Crippen molar-refractivity contribution in [3.05, 3.63) is 32.4 Å². The molecule has 1 rings (SSSR count). The molecule has 1 aromatic rings. The van der Waals surface area contributed by atoms with Gasteiger partial charge >= 0.3 is 0 Å². The Hall–Kier alpha value is -0.930. The van der Waals surface area contributed by atoms with Crippen molar-refractivity contribution in [2.24, 2.45) is 0 Å². The zero-order chi connectivity index (χ0) is 10.7. The van der Waals surface area contributed by atoms with E-state index >= 15 is 0 Å². The molecule has 3 nitrogen and oxygen atoms in total. The molecule has 0 unspecified atom stereocenters. The summed E-state index contributed by atoms with van der Waals surface area (Å²) in [6.45, 7) is 0. The first kappa shape index (κ1) is 11.1. The van der Waals surface area contributed by atoms with Crippen molar-refractivity contribution in [1.82, 2.24) is 0 Å². The van der Waals surface area contributed by atoms with E-state index in [2.05, 4.69) is 0 Å². The first-order valence-electron chi connectivity index (χ1n) is 3.48. The van der Waals surface area contributed by atoms with Gasteiger partial charge in [0, 0.05) is 9.13 Å². The first-order chi connectivity index (χ1) is 6.60. The fourth-order valence-electron chi connectivity index (χ4n) is 0.993. The average molecular weight is 319 g/mol. The lowest BCUT2D eigenvalue weighted by Crippen LogP contribution is -2.01. The summed E-state index contributed by atoms with van der Waals surface area (Å²) in [5, 5.41) is 7.93. The van der Waals surface area contributed by atoms with Crippen LogP contribution in [0, 0.1) is 14.9 Å². The van der Waals surface area contributed by atoms with Crippen LogP contribution >= 0.6 is 34.2 Å². The predicted molar refractivity (Wildman–Crippen MR) is 59.4 cm³/mol.